The minimum atomic E-state index is -5.31. The molecular formula is C33H28ClCuN9O15S4. The maximum atomic E-state index is 13.7. The van der Waals surface area contributed by atoms with Crippen LogP contribution in [0.25, 0.3) is 0 Å². The molecule has 337 valence electrons. The van der Waals surface area contributed by atoms with E-state index in [1.807, 2.05) is 0 Å². The fourth-order valence-corrected chi connectivity index (χ4v) is 7.67. The predicted octanol–water partition coefficient (Wildman–Crippen LogP) is 2.78. The summed E-state index contributed by atoms with van der Waals surface area (Å²) in [7, 11) is -19.6. The van der Waals surface area contributed by atoms with Crippen LogP contribution < -0.4 is 20.4 Å². The first-order valence-electron chi connectivity index (χ1n) is 16.7. The Hall–Kier alpha value is -5.72. The van der Waals surface area contributed by atoms with Crippen molar-refractivity contribution >= 4 is 92.7 Å². The largest absolute Gasteiger partial charge is 2.00 e. The molecule has 3 aromatic carbocycles. The molecule has 30 heteroatoms. The van der Waals surface area contributed by atoms with Crippen molar-refractivity contribution in [3.8, 4) is 5.75 Å². The number of rotatable bonds is 17. The Morgan fingerprint density at radius 1 is 0.857 bits per heavy atom. The molecule has 1 radical (unpaired) electrons. The van der Waals surface area contributed by atoms with Gasteiger partial charge in [-0.3, -0.25) is 4.18 Å². The van der Waals surface area contributed by atoms with E-state index in [2.05, 4.69) is 44.9 Å². The van der Waals surface area contributed by atoms with Gasteiger partial charge in [0.2, 0.25) is 27.6 Å². The number of allylic oxidation sites excluding steroid dienone is 5. The summed E-state index contributed by atoms with van der Waals surface area (Å²) in [5, 5.41) is 42.6. The zero-order chi connectivity index (χ0) is 45.6. The summed E-state index contributed by atoms with van der Waals surface area (Å²) in [5.41, 5.74) is -2.35. The number of sulfone groups is 1. The second-order valence-electron chi connectivity index (χ2n) is 11.9. The van der Waals surface area contributed by atoms with E-state index in [4.69, 9.17) is 11.6 Å². The van der Waals surface area contributed by atoms with Gasteiger partial charge in [-0.25, -0.2) is 33.7 Å². The van der Waals surface area contributed by atoms with Crippen molar-refractivity contribution in [2.45, 2.75) is 21.6 Å². The SMILES string of the molecule is CCN(c1ccc(S(=O)(=O)CCOS(=O)(=O)[O-])cc1)c1nc(Cl)nc(Nc2cc(S(=O)(=O)[O-])cc(N=N/C(N=Nc3cc(S(=O)(=O)[O-])ccc3C(=O)[O-])=C3\C=CC=C[CH-]3)c2[O-])n1.[Cu+2].[H+].[H+].[H+].[H+]. The van der Waals surface area contributed by atoms with Gasteiger partial charge in [0.05, 0.1) is 44.4 Å². The molecule has 0 spiro atoms. The first-order chi connectivity index (χ1) is 28.9. The van der Waals surface area contributed by atoms with Crippen LogP contribution in [0.4, 0.5) is 34.6 Å². The zero-order valence-corrected chi connectivity index (χ0v) is 36.2. The summed E-state index contributed by atoms with van der Waals surface area (Å²) < 4.78 is 133. The molecule has 0 unspecified atom stereocenters. The van der Waals surface area contributed by atoms with Crippen LogP contribution in [0.5, 0.6) is 5.75 Å². The molecule has 1 aliphatic rings. The number of benzene rings is 3. The molecule has 1 aliphatic carbocycles. The first-order valence-corrected chi connectivity index (χ1v) is 22.9. The standard InChI is InChI=1S/C33H29ClN9O15S4.Cu/c1-2-43(20-8-10-21(11-9-20)59(47,48)15-14-58-62(55,56)57)33-37-31(34)36-32(38-33)35-26-17-23(61(52,53)54)18-27(28(26)44)40-42-29(19-6-4-3-5-7-19)41-39-25-16-22(60(49,50)51)12-13-24(25)30(45)46;/h3-13,16-18,44H,2,14-15H2,1H3,(H,45,46)(H,49,50,51)(H,52,53,54)(H,55,56,57)(H,35,36,37,38);/q-1;+2/p-1. The van der Waals surface area contributed by atoms with Crippen molar-refractivity contribution in [3.05, 3.63) is 108 Å². The molecule has 1 N–H and O–H groups in total. The number of hydrogen-bond donors (Lipinski definition) is 1. The number of carboxylic acids is 1. The van der Waals surface area contributed by atoms with E-state index >= 15 is 0 Å². The number of azo groups is 2. The molecule has 1 heterocycles. The van der Waals surface area contributed by atoms with Crippen molar-refractivity contribution in [2.75, 3.05) is 29.1 Å². The first kappa shape index (κ1) is 49.9. The molecule has 0 aliphatic heterocycles. The average Bonchev–Trinajstić information content (AvgIpc) is 3.18. The summed E-state index contributed by atoms with van der Waals surface area (Å²) in [4.78, 5) is 23.2. The van der Waals surface area contributed by atoms with E-state index < -0.39 is 114 Å². The van der Waals surface area contributed by atoms with Gasteiger partial charge in [-0.2, -0.15) is 35.4 Å². The number of anilines is 4. The van der Waals surface area contributed by atoms with Crippen LogP contribution in [-0.4, -0.2) is 87.2 Å². The van der Waals surface area contributed by atoms with Gasteiger partial charge in [0.25, 0.3) is 0 Å². The van der Waals surface area contributed by atoms with Crippen molar-refractivity contribution in [1.82, 2.24) is 15.0 Å². The number of nitrogens with one attached hydrogen (secondary N) is 1. The monoisotopic (exact) mass is 1020 g/mol. The smallest absolute Gasteiger partial charge is 0.870 e. The van der Waals surface area contributed by atoms with E-state index in [1.54, 1.807) is 13.0 Å². The number of hydrogen-bond acceptors (Lipinski definition) is 24. The number of halogens is 1. The van der Waals surface area contributed by atoms with Crippen molar-refractivity contribution in [3.63, 3.8) is 0 Å². The van der Waals surface area contributed by atoms with Gasteiger partial charge in [0.15, 0.2) is 9.84 Å². The summed E-state index contributed by atoms with van der Waals surface area (Å²) in [6.45, 7) is 0.835. The van der Waals surface area contributed by atoms with Crippen LogP contribution in [0, 0.1) is 6.42 Å². The van der Waals surface area contributed by atoms with E-state index in [-0.39, 0.29) is 51.4 Å². The normalized spacial score (nSPS) is 14.0. The Morgan fingerprint density at radius 3 is 2.05 bits per heavy atom. The third-order valence-corrected chi connectivity index (χ3v) is 11.8. The van der Waals surface area contributed by atoms with Gasteiger partial charge in [0.1, 0.15) is 26.1 Å². The van der Waals surface area contributed by atoms with Crippen LogP contribution in [0.15, 0.2) is 125 Å². The Morgan fingerprint density at radius 2 is 1.48 bits per heavy atom. The zero-order valence-electron chi connectivity index (χ0n) is 35.2. The summed E-state index contributed by atoms with van der Waals surface area (Å²) in [6, 6.07) is 8.32. The van der Waals surface area contributed by atoms with E-state index in [9.17, 15) is 62.3 Å². The Labute approximate surface area is 379 Å². The summed E-state index contributed by atoms with van der Waals surface area (Å²) in [5.74, 6) is -4.88. The van der Waals surface area contributed by atoms with E-state index in [1.165, 1.54) is 53.8 Å². The topological polar surface area (TPSA) is 382 Å². The molecule has 4 aromatic rings. The molecule has 0 saturated carbocycles. The average molecular weight is 1020 g/mol. The van der Waals surface area contributed by atoms with Crippen molar-refractivity contribution in [1.29, 1.82) is 0 Å². The Kier molecular flexibility index (Phi) is 16.0. The van der Waals surface area contributed by atoms with Crippen LogP contribution in [0.2, 0.25) is 5.28 Å². The third-order valence-electron chi connectivity index (χ3n) is 7.83. The summed E-state index contributed by atoms with van der Waals surface area (Å²) in [6.07, 6.45) is 7.42. The molecule has 1 aromatic heterocycles. The van der Waals surface area contributed by atoms with Gasteiger partial charge >= 0.3 is 22.8 Å². The molecule has 24 nitrogen and oxygen atoms in total. The molecule has 63 heavy (non-hydrogen) atoms. The van der Waals surface area contributed by atoms with Crippen LogP contribution >= 0.6 is 11.6 Å². The third kappa shape index (κ3) is 13.4. The Bertz CT molecular complexity index is 3060. The molecule has 5 rings (SSSR count). The molecule has 0 saturated heterocycles. The molecule has 0 atom stereocenters. The Balaban J connectivity index is 0.00000871. The molecule has 0 amide bonds. The maximum absolute atomic E-state index is 13.7. The van der Waals surface area contributed by atoms with Gasteiger partial charge in [-0.1, -0.05) is 5.75 Å². The number of carbonyl (C=O) groups excluding carboxylic acids is 1. The van der Waals surface area contributed by atoms with Gasteiger partial charge in [-0.05, 0) is 73.1 Å². The van der Waals surface area contributed by atoms with Gasteiger partial charge in [0, 0.05) is 23.5 Å². The van der Waals surface area contributed by atoms with Gasteiger partial charge in [-0.15, -0.1) is 36.3 Å². The fourth-order valence-electron chi connectivity index (χ4n) is 5.02. The van der Waals surface area contributed by atoms with Gasteiger partial charge < -0.3 is 38.9 Å². The molecular weight excluding hydrogens is 990 g/mol. The quantitative estimate of drug-likeness (QED) is 0.0522. The maximum Gasteiger partial charge on any atom is 2.00 e. The van der Waals surface area contributed by atoms with Crippen molar-refractivity contribution in [2.24, 2.45) is 20.5 Å². The second-order valence-corrected chi connectivity index (χ2v) is 18.2. The number of carbonyl (C=O) groups is 1. The van der Waals surface area contributed by atoms with E-state index in [0.29, 0.717) is 24.3 Å². The number of aromatic nitrogens is 3. The van der Waals surface area contributed by atoms with E-state index in [0.717, 1.165) is 6.07 Å². The van der Waals surface area contributed by atoms with Crippen LogP contribution in [-0.2, 0) is 61.7 Å². The number of aromatic carboxylic acids is 1. The van der Waals surface area contributed by atoms with Crippen LogP contribution in [0.1, 0.15) is 23.0 Å². The minimum absolute atomic E-state index is 0. The fraction of sp³-hybridized carbons (Fsp3) is 0.121. The van der Waals surface area contributed by atoms with Crippen molar-refractivity contribution < 1.29 is 89.3 Å². The predicted molar refractivity (Wildman–Crippen MR) is 211 cm³/mol. The van der Waals surface area contributed by atoms with Crippen LogP contribution in [0.3, 0.4) is 0 Å². The molecule has 0 fully saturated rings. The second kappa shape index (κ2) is 20.2. The minimum Gasteiger partial charge on any atom is -0.870 e. The summed E-state index contributed by atoms with van der Waals surface area (Å²) >= 11 is 6.17. The molecule has 0 bridgehead atoms. The number of carboxylic acid groups (broad SMARTS) is 1. The number of nitrogens with zero attached hydrogens (tertiary/aromatic N) is 8.